The van der Waals surface area contributed by atoms with Crippen LogP contribution in [0.2, 0.25) is 0 Å². The van der Waals surface area contributed by atoms with Crippen LogP contribution in [0, 0.1) is 11.8 Å². The average Bonchev–Trinajstić information content (AvgIpc) is 3.07. The van der Waals surface area contributed by atoms with Crippen molar-refractivity contribution in [3.63, 3.8) is 0 Å². The third-order valence-corrected chi connectivity index (χ3v) is 4.63. The van der Waals surface area contributed by atoms with Crippen LogP contribution in [0.1, 0.15) is 40.0 Å². The molecule has 1 aliphatic rings. The minimum Gasteiger partial charge on any atom is -0.366 e. The molecular weight excluding hydrogens is 264 g/mol. The van der Waals surface area contributed by atoms with Gasteiger partial charge in [0, 0.05) is 12.6 Å². The first-order valence-electron chi connectivity index (χ1n) is 7.90. The van der Waals surface area contributed by atoms with Crippen LogP contribution in [0.5, 0.6) is 0 Å². The van der Waals surface area contributed by atoms with Crippen LogP contribution in [0.25, 0.3) is 11.0 Å². The van der Waals surface area contributed by atoms with Crippen LogP contribution in [-0.4, -0.2) is 32.8 Å². The molecule has 0 radical (unpaired) electrons. The summed E-state index contributed by atoms with van der Waals surface area (Å²) in [7, 11) is 0. The first kappa shape index (κ1) is 14.1. The quantitative estimate of drug-likeness (QED) is 0.788. The fourth-order valence-electron chi connectivity index (χ4n) is 3.00. The van der Waals surface area contributed by atoms with Gasteiger partial charge in [0.05, 0.1) is 11.6 Å². The molecule has 1 fully saturated rings. The van der Waals surface area contributed by atoms with Crippen LogP contribution in [0.3, 0.4) is 0 Å². The zero-order valence-corrected chi connectivity index (χ0v) is 13.0. The second kappa shape index (κ2) is 5.87. The van der Waals surface area contributed by atoms with E-state index >= 15 is 0 Å². The van der Waals surface area contributed by atoms with Gasteiger partial charge in [0.25, 0.3) is 0 Å². The highest BCUT2D eigenvalue weighted by molar-refractivity contribution is 5.87. The molecule has 0 aromatic carbocycles. The zero-order chi connectivity index (χ0) is 14.8. The Morgan fingerprint density at radius 1 is 1.29 bits per heavy atom. The van der Waals surface area contributed by atoms with Crippen LogP contribution in [0.4, 0.5) is 11.8 Å². The third kappa shape index (κ3) is 2.80. The summed E-state index contributed by atoms with van der Waals surface area (Å²) in [6.45, 7) is 7.64. The number of anilines is 2. The normalized spacial score (nSPS) is 25.4. The first-order chi connectivity index (χ1) is 10.2. The van der Waals surface area contributed by atoms with Gasteiger partial charge in [-0.25, -0.2) is 0 Å². The molecule has 0 amide bonds. The molecule has 3 N–H and O–H groups in total. The Morgan fingerprint density at radius 2 is 2.14 bits per heavy atom. The lowest BCUT2D eigenvalue weighted by Gasteiger charge is -2.20. The molecule has 1 aliphatic carbocycles. The van der Waals surface area contributed by atoms with E-state index in [1.165, 1.54) is 12.8 Å². The smallest absolute Gasteiger partial charge is 0.226 e. The molecule has 6 nitrogen and oxygen atoms in total. The minimum atomic E-state index is 0.479. The van der Waals surface area contributed by atoms with Gasteiger partial charge in [-0.05, 0) is 31.1 Å². The Morgan fingerprint density at radius 3 is 2.86 bits per heavy atom. The highest BCUT2D eigenvalue weighted by Gasteiger charge is 2.30. The highest BCUT2D eigenvalue weighted by atomic mass is 15.2. The molecule has 114 valence electrons. The van der Waals surface area contributed by atoms with Crippen molar-refractivity contribution < 1.29 is 0 Å². The van der Waals surface area contributed by atoms with Crippen molar-refractivity contribution in [1.82, 2.24) is 20.2 Å². The number of hydrogen-bond donors (Lipinski definition) is 3. The molecule has 6 heteroatoms. The zero-order valence-electron chi connectivity index (χ0n) is 13.0. The Labute approximate surface area is 125 Å². The number of rotatable bonds is 5. The number of H-pyrrole nitrogens is 1. The second-order valence-corrected chi connectivity index (χ2v) is 6.12. The van der Waals surface area contributed by atoms with Gasteiger partial charge in [-0.15, -0.1) is 0 Å². The summed E-state index contributed by atoms with van der Waals surface area (Å²) in [5.74, 6) is 2.98. The Kier molecular flexibility index (Phi) is 3.94. The number of aromatic nitrogens is 4. The van der Waals surface area contributed by atoms with Crippen molar-refractivity contribution in [3.8, 4) is 0 Å². The fraction of sp³-hybridized carbons (Fsp3) is 0.667. The molecule has 1 saturated carbocycles. The number of nitrogens with one attached hydrogen (secondary N) is 3. The van der Waals surface area contributed by atoms with Crippen molar-refractivity contribution in [2.24, 2.45) is 11.8 Å². The van der Waals surface area contributed by atoms with E-state index in [1.54, 1.807) is 6.20 Å². The highest BCUT2D eigenvalue weighted by Crippen LogP contribution is 2.34. The topological polar surface area (TPSA) is 78.5 Å². The predicted octanol–water partition coefficient (Wildman–Crippen LogP) is 3.02. The van der Waals surface area contributed by atoms with Gasteiger partial charge in [0.2, 0.25) is 5.95 Å². The van der Waals surface area contributed by atoms with Gasteiger partial charge < -0.3 is 10.6 Å². The van der Waals surface area contributed by atoms with E-state index in [0.29, 0.717) is 17.9 Å². The van der Waals surface area contributed by atoms with Crippen LogP contribution in [0.15, 0.2) is 6.20 Å². The Balaban J connectivity index is 1.87. The molecule has 2 aromatic heterocycles. The molecule has 0 bridgehead atoms. The standard InChI is InChI=1S/C15H24N6/c1-4-7-16-15-19-13(11-8-17-21-14(11)20-15)18-12-6-5-9(2)10(12)3/h8-10,12H,4-7H2,1-3H3,(H3,16,17,18,19,20,21). The van der Waals surface area contributed by atoms with E-state index in [4.69, 9.17) is 0 Å². The third-order valence-electron chi connectivity index (χ3n) is 4.63. The molecule has 2 aromatic rings. The maximum atomic E-state index is 4.64. The summed E-state index contributed by atoms with van der Waals surface area (Å²) < 4.78 is 0. The molecule has 3 atom stereocenters. The van der Waals surface area contributed by atoms with Crippen LogP contribution >= 0.6 is 0 Å². The number of nitrogens with zero attached hydrogens (tertiary/aromatic N) is 3. The summed E-state index contributed by atoms with van der Waals surface area (Å²) in [4.78, 5) is 9.10. The van der Waals surface area contributed by atoms with Gasteiger partial charge in [0.15, 0.2) is 5.65 Å². The van der Waals surface area contributed by atoms with Gasteiger partial charge in [-0.2, -0.15) is 15.1 Å². The minimum absolute atomic E-state index is 0.479. The lowest BCUT2D eigenvalue weighted by Crippen LogP contribution is -2.25. The van der Waals surface area contributed by atoms with E-state index in [9.17, 15) is 0 Å². The van der Waals surface area contributed by atoms with Gasteiger partial charge in [-0.3, -0.25) is 5.10 Å². The van der Waals surface area contributed by atoms with E-state index < -0.39 is 0 Å². The van der Waals surface area contributed by atoms with E-state index in [2.05, 4.69) is 51.6 Å². The van der Waals surface area contributed by atoms with Gasteiger partial charge in [-0.1, -0.05) is 20.8 Å². The average molecular weight is 288 g/mol. The first-order valence-corrected chi connectivity index (χ1v) is 7.90. The van der Waals surface area contributed by atoms with Crippen molar-refractivity contribution in [2.45, 2.75) is 46.1 Å². The second-order valence-electron chi connectivity index (χ2n) is 6.12. The monoisotopic (exact) mass is 288 g/mol. The van der Waals surface area contributed by atoms with Crippen molar-refractivity contribution in [3.05, 3.63) is 6.20 Å². The maximum Gasteiger partial charge on any atom is 0.226 e. The van der Waals surface area contributed by atoms with Crippen molar-refractivity contribution in [1.29, 1.82) is 0 Å². The molecular formula is C15H24N6. The van der Waals surface area contributed by atoms with Gasteiger partial charge >= 0.3 is 0 Å². The number of hydrogen-bond acceptors (Lipinski definition) is 5. The summed E-state index contributed by atoms with van der Waals surface area (Å²) in [5, 5.41) is 14.9. The summed E-state index contributed by atoms with van der Waals surface area (Å²) in [6.07, 6.45) is 5.32. The molecule has 2 heterocycles. The lowest BCUT2D eigenvalue weighted by atomic mass is 9.98. The van der Waals surface area contributed by atoms with E-state index in [0.717, 1.165) is 35.7 Å². The lowest BCUT2D eigenvalue weighted by molar-refractivity contribution is 0.435. The molecule has 0 aliphatic heterocycles. The Bertz CT molecular complexity index is 607. The summed E-state index contributed by atoms with van der Waals surface area (Å²) in [5.41, 5.74) is 0.782. The van der Waals surface area contributed by atoms with Crippen LogP contribution < -0.4 is 10.6 Å². The van der Waals surface area contributed by atoms with Crippen molar-refractivity contribution >= 4 is 22.8 Å². The largest absolute Gasteiger partial charge is 0.366 e. The van der Waals surface area contributed by atoms with Gasteiger partial charge in [0.1, 0.15) is 5.82 Å². The maximum absolute atomic E-state index is 4.64. The molecule has 0 spiro atoms. The van der Waals surface area contributed by atoms with Crippen LogP contribution in [-0.2, 0) is 0 Å². The van der Waals surface area contributed by atoms with Crippen molar-refractivity contribution in [2.75, 3.05) is 17.2 Å². The number of aromatic amines is 1. The molecule has 0 saturated heterocycles. The SMILES string of the molecule is CCCNc1nc(NC2CCC(C)C2C)c2cn[nH]c2n1. The molecule has 3 rings (SSSR count). The fourth-order valence-corrected chi connectivity index (χ4v) is 3.00. The summed E-state index contributed by atoms with van der Waals surface area (Å²) in [6, 6.07) is 0.479. The molecule has 3 unspecified atom stereocenters. The Hall–Kier alpha value is -1.85. The molecule has 21 heavy (non-hydrogen) atoms. The number of fused-ring (bicyclic) bond motifs is 1. The predicted molar refractivity (Wildman–Crippen MR) is 85.4 cm³/mol. The van der Waals surface area contributed by atoms with E-state index in [1.807, 2.05) is 0 Å². The summed E-state index contributed by atoms with van der Waals surface area (Å²) >= 11 is 0. The van der Waals surface area contributed by atoms with E-state index in [-0.39, 0.29) is 0 Å².